The maximum Gasteiger partial charge on any atom is 0.573 e. The number of benzene rings is 2. The van der Waals surface area contributed by atoms with Gasteiger partial charge in [-0.15, -0.1) is 13.2 Å². The van der Waals surface area contributed by atoms with Crippen LogP contribution < -0.4 is 10.1 Å². The van der Waals surface area contributed by atoms with E-state index in [4.69, 9.17) is 0 Å². The minimum Gasteiger partial charge on any atom is -0.406 e. The molecule has 0 radical (unpaired) electrons. The molecule has 1 unspecified atom stereocenters. The molecule has 4 aromatic rings. The number of carbonyl (C=O) groups is 1. The highest BCUT2D eigenvalue weighted by Gasteiger charge is 2.31. The van der Waals surface area contributed by atoms with Crippen LogP contribution in [0.1, 0.15) is 29.5 Å². The van der Waals surface area contributed by atoms with Gasteiger partial charge in [0.2, 0.25) is 5.91 Å². The summed E-state index contributed by atoms with van der Waals surface area (Å²) in [5.41, 5.74) is 2.70. The average molecular weight is 484 g/mol. The molecule has 0 saturated carbocycles. The molecule has 0 aliphatic heterocycles. The van der Waals surface area contributed by atoms with Crippen LogP contribution in [0, 0.1) is 0 Å². The van der Waals surface area contributed by atoms with Crippen LogP contribution in [0.2, 0.25) is 0 Å². The van der Waals surface area contributed by atoms with Crippen molar-refractivity contribution in [3.05, 3.63) is 89.9 Å². The van der Waals surface area contributed by atoms with Crippen LogP contribution in [0.25, 0.3) is 11.2 Å². The minimum absolute atomic E-state index is 0.0904. The van der Waals surface area contributed by atoms with Gasteiger partial charge in [-0.25, -0.2) is 9.97 Å². The Balaban J connectivity index is 1.42. The van der Waals surface area contributed by atoms with Crippen LogP contribution in [0.3, 0.4) is 0 Å². The molecular weight excluding hydrogens is 461 g/mol. The second-order valence-corrected chi connectivity index (χ2v) is 7.88. The van der Waals surface area contributed by atoms with Gasteiger partial charge >= 0.3 is 6.36 Å². The molecule has 0 aliphatic carbocycles. The predicted molar refractivity (Wildman–Crippen MR) is 122 cm³/mol. The van der Waals surface area contributed by atoms with E-state index in [1.54, 1.807) is 30.5 Å². The molecule has 2 N–H and O–H groups in total. The number of carbonyl (C=O) groups excluding carboxylic acids is 1. The largest absolute Gasteiger partial charge is 0.573 e. The number of alkyl halides is 3. The van der Waals surface area contributed by atoms with Crippen molar-refractivity contribution >= 4 is 17.1 Å². The van der Waals surface area contributed by atoms with Crippen molar-refractivity contribution in [1.82, 2.24) is 19.9 Å². The van der Waals surface area contributed by atoms with Gasteiger partial charge in [-0.3, -0.25) is 4.79 Å². The lowest BCUT2D eigenvalue weighted by atomic mass is 10.1. The van der Waals surface area contributed by atoms with Crippen LogP contribution in [0.5, 0.6) is 5.75 Å². The van der Waals surface area contributed by atoms with Crippen LogP contribution in [-0.2, 0) is 17.8 Å². The fourth-order valence-corrected chi connectivity index (χ4v) is 3.66. The number of aliphatic hydroxyl groups is 1. The van der Waals surface area contributed by atoms with E-state index in [0.717, 1.165) is 5.56 Å². The van der Waals surface area contributed by atoms with Gasteiger partial charge in [-0.05, 0) is 35.4 Å². The maximum atomic E-state index is 12.4. The number of nitrogens with zero attached hydrogens (tertiary/aromatic N) is 3. The molecule has 2 aromatic heterocycles. The number of ether oxygens (including phenoxy) is 1. The van der Waals surface area contributed by atoms with Crippen LogP contribution >= 0.6 is 0 Å². The van der Waals surface area contributed by atoms with Gasteiger partial charge in [0.1, 0.15) is 17.1 Å². The van der Waals surface area contributed by atoms with Crippen molar-refractivity contribution in [2.45, 2.75) is 31.9 Å². The third kappa shape index (κ3) is 6.57. The van der Waals surface area contributed by atoms with Gasteiger partial charge in [-0.2, -0.15) is 0 Å². The van der Waals surface area contributed by atoms with Crippen LogP contribution in [0.15, 0.2) is 72.9 Å². The van der Waals surface area contributed by atoms with Crippen molar-refractivity contribution in [3.8, 4) is 5.75 Å². The van der Waals surface area contributed by atoms with E-state index in [0.29, 0.717) is 35.5 Å². The molecule has 0 bridgehead atoms. The lowest BCUT2D eigenvalue weighted by Gasteiger charge is -2.13. The van der Waals surface area contributed by atoms with Gasteiger partial charge < -0.3 is 19.7 Å². The highest BCUT2D eigenvalue weighted by Crippen LogP contribution is 2.24. The summed E-state index contributed by atoms with van der Waals surface area (Å²) in [5.74, 6) is 0.0812. The molecule has 2 heterocycles. The number of fused-ring (bicyclic) bond motifs is 1. The van der Waals surface area contributed by atoms with Crippen molar-refractivity contribution < 1.29 is 27.8 Å². The lowest BCUT2D eigenvalue weighted by Crippen LogP contribution is -2.28. The number of hydrogen-bond acceptors (Lipinski definition) is 5. The molecule has 0 fully saturated rings. The summed E-state index contributed by atoms with van der Waals surface area (Å²) in [6, 6.07) is 18.2. The monoisotopic (exact) mass is 484 g/mol. The number of pyridine rings is 1. The second-order valence-electron chi connectivity index (χ2n) is 7.88. The van der Waals surface area contributed by atoms with Gasteiger partial charge in [0, 0.05) is 25.6 Å². The number of halogens is 3. The Morgan fingerprint density at radius 1 is 1.06 bits per heavy atom. The van der Waals surface area contributed by atoms with Crippen LogP contribution in [0.4, 0.5) is 13.2 Å². The number of aliphatic hydroxyl groups excluding tert-OH is 1. The number of imidazole rings is 1. The van der Waals surface area contributed by atoms with Gasteiger partial charge in [0.05, 0.1) is 12.6 Å². The van der Waals surface area contributed by atoms with Gasteiger partial charge in [-0.1, -0.05) is 42.5 Å². The first-order chi connectivity index (χ1) is 16.8. The van der Waals surface area contributed by atoms with E-state index in [1.165, 1.54) is 24.3 Å². The summed E-state index contributed by atoms with van der Waals surface area (Å²) < 4.78 is 43.0. The number of nitrogens with one attached hydrogen (secondary N) is 1. The minimum atomic E-state index is -4.75. The molecule has 1 atom stereocenters. The fourth-order valence-electron chi connectivity index (χ4n) is 3.66. The topological polar surface area (TPSA) is 89.3 Å². The molecule has 182 valence electrons. The molecule has 0 spiro atoms. The Bertz CT molecular complexity index is 1270. The number of aryl methyl sites for hydroxylation is 1. The van der Waals surface area contributed by atoms with E-state index >= 15 is 0 Å². The van der Waals surface area contributed by atoms with Crippen molar-refractivity contribution in [2.75, 3.05) is 6.54 Å². The van der Waals surface area contributed by atoms with Gasteiger partial charge in [0.15, 0.2) is 5.65 Å². The second kappa shape index (κ2) is 10.6. The Morgan fingerprint density at radius 2 is 1.80 bits per heavy atom. The van der Waals surface area contributed by atoms with E-state index in [2.05, 4.69) is 20.0 Å². The summed E-state index contributed by atoms with van der Waals surface area (Å²) in [7, 11) is 0. The Kier molecular flexibility index (Phi) is 7.31. The standard InChI is InChI=1S/C25H23F3N4O3/c26-25(27,28)35-19-10-8-17(9-11-19)16-32-22(31-20-7-4-14-29-24(20)32)12-13-23(34)30-15-21(33)18-5-2-1-3-6-18/h1-11,14,21,33H,12-13,15-16H2,(H,30,34). The molecule has 10 heteroatoms. The zero-order valence-corrected chi connectivity index (χ0v) is 18.6. The van der Waals surface area contributed by atoms with E-state index in [1.807, 2.05) is 22.8 Å². The molecule has 35 heavy (non-hydrogen) atoms. The highest BCUT2D eigenvalue weighted by atomic mass is 19.4. The number of hydrogen-bond donors (Lipinski definition) is 2. The van der Waals surface area contributed by atoms with Crippen molar-refractivity contribution in [1.29, 1.82) is 0 Å². The summed E-state index contributed by atoms with van der Waals surface area (Å²) in [6.45, 7) is 0.399. The van der Waals surface area contributed by atoms with E-state index in [-0.39, 0.29) is 24.6 Å². The molecule has 0 saturated heterocycles. The molecular formula is C25H23F3N4O3. The molecule has 2 aromatic carbocycles. The summed E-state index contributed by atoms with van der Waals surface area (Å²) in [4.78, 5) is 21.4. The van der Waals surface area contributed by atoms with Crippen molar-refractivity contribution in [2.24, 2.45) is 0 Å². The summed E-state index contributed by atoms with van der Waals surface area (Å²) in [6.07, 6.45) is -3.47. The first-order valence-electron chi connectivity index (χ1n) is 10.9. The Labute approximate surface area is 199 Å². The van der Waals surface area contributed by atoms with Crippen LogP contribution in [-0.4, -0.2) is 38.5 Å². The number of rotatable bonds is 9. The average Bonchev–Trinajstić information content (AvgIpc) is 3.19. The predicted octanol–water partition coefficient (Wildman–Crippen LogP) is 4.16. The zero-order valence-electron chi connectivity index (χ0n) is 18.6. The first-order valence-corrected chi connectivity index (χ1v) is 10.9. The fraction of sp³-hybridized carbons (Fsp3) is 0.240. The van der Waals surface area contributed by atoms with E-state index < -0.39 is 12.5 Å². The van der Waals surface area contributed by atoms with Crippen molar-refractivity contribution in [3.63, 3.8) is 0 Å². The molecule has 0 aliphatic rings. The van der Waals surface area contributed by atoms with E-state index in [9.17, 15) is 23.1 Å². The third-order valence-electron chi connectivity index (χ3n) is 5.33. The molecule has 1 amide bonds. The zero-order chi connectivity index (χ0) is 24.8. The molecule has 4 rings (SSSR count). The lowest BCUT2D eigenvalue weighted by molar-refractivity contribution is -0.274. The van der Waals surface area contributed by atoms with Gasteiger partial charge in [0.25, 0.3) is 0 Å². The normalized spacial score (nSPS) is 12.5. The Morgan fingerprint density at radius 3 is 2.51 bits per heavy atom. The Hall–Kier alpha value is -3.92. The SMILES string of the molecule is O=C(CCc1nc2cccnc2n1Cc1ccc(OC(F)(F)F)cc1)NCC(O)c1ccccc1. The maximum absolute atomic E-state index is 12.4. The quantitative estimate of drug-likeness (QED) is 0.373. The first kappa shape index (κ1) is 24.2. The molecule has 7 nitrogen and oxygen atoms in total. The summed E-state index contributed by atoms with van der Waals surface area (Å²) >= 11 is 0. The smallest absolute Gasteiger partial charge is 0.406 e. The highest BCUT2D eigenvalue weighted by molar-refractivity contribution is 5.76. The number of aromatic nitrogens is 3. The number of amides is 1. The third-order valence-corrected chi connectivity index (χ3v) is 5.33. The summed E-state index contributed by atoms with van der Waals surface area (Å²) in [5, 5.41) is 13.0.